The van der Waals surface area contributed by atoms with E-state index in [2.05, 4.69) is 21.0 Å². The average Bonchev–Trinajstić information content (AvgIpc) is 2.69. The van der Waals surface area contributed by atoms with E-state index in [-0.39, 0.29) is 22.3 Å². The van der Waals surface area contributed by atoms with Crippen LogP contribution >= 0.6 is 39.1 Å². The Hall–Kier alpha value is -0.650. The van der Waals surface area contributed by atoms with Gasteiger partial charge in [0, 0.05) is 10.0 Å². The van der Waals surface area contributed by atoms with E-state index in [0.29, 0.717) is 6.54 Å². The Bertz CT molecular complexity index is 587. The molecule has 0 bridgehead atoms. The number of hydrogen-bond acceptors (Lipinski definition) is 1. The molecule has 1 aromatic heterocycles. The zero-order valence-corrected chi connectivity index (χ0v) is 12.7. The molecule has 2 nitrogen and oxygen atoms in total. The van der Waals surface area contributed by atoms with E-state index in [1.807, 2.05) is 24.3 Å². The summed E-state index contributed by atoms with van der Waals surface area (Å²) in [5, 5.41) is 4.00. The first-order valence-electron chi connectivity index (χ1n) is 5.37. The number of hydrogen-bond donors (Lipinski definition) is 0. The second-order valence-electron chi connectivity index (χ2n) is 3.84. The number of benzene rings is 1. The molecule has 2 aromatic rings. The lowest BCUT2D eigenvalue weighted by atomic mass is 10.2. The molecule has 2 rings (SSSR count). The highest BCUT2D eigenvalue weighted by Gasteiger charge is 2.22. The van der Waals surface area contributed by atoms with Crippen LogP contribution in [0, 0.1) is 0 Å². The van der Waals surface area contributed by atoms with Crippen molar-refractivity contribution in [2.45, 2.75) is 18.9 Å². The van der Waals surface area contributed by atoms with Gasteiger partial charge in [0.1, 0.15) is 10.8 Å². The van der Waals surface area contributed by atoms with Gasteiger partial charge in [-0.2, -0.15) is 5.10 Å². The summed E-state index contributed by atoms with van der Waals surface area (Å²) in [5.41, 5.74) is 0.728. The first-order valence-corrected chi connectivity index (χ1v) is 7.07. The summed E-state index contributed by atoms with van der Waals surface area (Å²) in [6, 6.07) is 7.45. The molecule has 19 heavy (non-hydrogen) atoms. The summed E-state index contributed by atoms with van der Waals surface area (Å²) in [6.45, 7) is 0.302. The van der Waals surface area contributed by atoms with Crippen LogP contribution in [-0.4, -0.2) is 9.78 Å². The molecular weight excluding hydrogens is 361 g/mol. The van der Waals surface area contributed by atoms with E-state index in [1.54, 1.807) is 0 Å². The molecule has 0 spiro atoms. The van der Waals surface area contributed by atoms with Crippen LogP contribution in [0.2, 0.25) is 5.15 Å². The molecule has 0 atom stereocenters. The van der Waals surface area contributed by atoms with Gasteiger partial charge >= 0.3 is 0 Å². The Morgan fingerprint density at radius 1 is 1.32 bits per heavy atom. The van der Waals surface area contributed by atoms with Crippen LogP contribution in [0.15, 0.2) is 28.7 Å². The van der Waals surface area contributed by atoms with Crippen molar-refractivity contribution in [2.75, 3.05) is 0 Å². The average molecular weight is 370 g/mol. The zero-order valence-electron chi connectivity index (χ0n) is 9.59. The number of halogens is 5. The predicted molar refractivity (Wildman–Crippen MR) is 75.0 cm³/mol. The van der Waals surface area contributed by atoms with Crippen LogP contribution in [0.25, 0.3) is 0 Å². The Morgan fingerprint density at radius 2 is 2.00 bits per heavy atom. The number of rotatable bonds is 4. The van der Waals surface area contributed by atoms with Gasteiger partial charge in [0.2, 0.25) is 0 Å². The van der Waals surface area contributed by atoms with Crippen molar-refractivity contribution >= 4 is 39.1 Å². The molecule has 0 unspecified atom stereocenters. The molecule has 102 valence electrons. The number of alkyl halides is 3. The van der Waals surface area contributed by atoms with Crippen molar-refractivity contribution in [3.8, 4) is 0 Å². The quantitative estimate of drug-likeness (QED) is 0.691. The molecule has 7 heteroatoms. The fourth-order valence-electron chi connectivity index (χ4n) is 1.69. The van der Waals surface area contributed by atoms with E-state index in [4.69, 9.17) is 23.2 Å². The SMILES string of the molecule is FC(F)c1nn(Cc2ccccc2Br)c(Cl)c1CCl. The van der Waals surface area contributed by atoms with Gasteiger partial charge in [0.05, 0.1) is 12.4 Å². The van der Waals surface area contributed by atoms with Gasteiger partial charge in [-0.15, -0.1) is 11.6 Å². The van der Waals surface area contributed by atoms with Crippen LogP contribution in [0.5, 0.6) is 0 Å². The third kappa shape index (κ3) is 3.09. The Balaban J connectivity index is 2.39. The van der Waals surface area contributed by atoms with Gasteiger partial charge in [-0.1, -0.05) is 45.7 Å². The van der Waals surface area contributed by atoms with Crippen molar-refractivity contribution in [1.82, 2.24) is 9.78 Å². The summed E-state index contributed by atoms with van der Waals surface area (Å²) in [7, 11) is 0. The molecule has 0 aliphatic carbocycles. The van der Waals surface area contributed by atoms with E-state index in [0.717, 1.165) is 10.0 Å². The van der Waals surface area contributed by atoms with Crippen LogP contribution in [0.4, 0.5) is 8.78 Å². The Morgan fingerprint density at radius 3 is 2.53 bits per heavy atom. The molecule has 0 saturated carbocycles. The van der Waals surface area contributed by atoms with Gasteiger partial charge in [-0.3, -0.25) is 0 Å². The molecule has 0 amide bonds. The maximum Gasteiger partial charge on any atom is 0.282 e. The number of aromatic nitrogens is 2. The lowest BCUT2D eigenvalue weighted by molar-refractivity contribution is 0.144. The summed E-state index contributed by atoms with van der Waals surface area (Å²) < 4.78 is 27.8. The standard InChI is InChI=1S/C12H9BrCl2F2N2/c13-9-4-2-1-3-7(9)6-19-11(15)8(5-14)10(18-19)12(16)17/h1-4,12H,5-6H2. The maximum atomic E-state index is 12.8. The molecule has 0 aliphatic rings. The van der Waals surface area contributed by atoms with Crippen LogP contribution < -0.4 is 0 Å². The van der Waals surface area contributed by atoms with Gasteiger partial charge in [0.25, 0.3) is 6.43 Å². The molecule has 0 fully saturated rings. The summed E-state index contributed by atoms with van der Waals surface area (Å²) in [4.78, 5) is 0. The Labute approximate surface area is 127 Å². The predicted octanol–water partition coefficient (Wildman–Crippen LogP) is 5.02. The second kappa shape index (κ2) is 6.20. The lowest BCUT2D eigenvalue weighted by Gasteiger charge is -2.05. The minimum atomic E-state index is -2.69. The fourth-order valence-corrected chi connectivity index (χ4v) is 2.69. The van der Waals surface area contributed by atoms with Crippen LogP contribution in [0.1, 0.15) is 23.2 Å². The van der Waals surface area contributed by atoms with Gasteiger partial charge in [-0.05, 0) is 11.6 Å². The van der Waals surface area contributed by atoms with Crippen molar-refractivity contribution in [1.29, 1.82) is 0 Å². The van der Waals surface area contributed by atoms with E-state index < -0.39 is 6.43 Å². The van der Waals surface area contributed by atoms with Crippen molar-refractivity contribution in [3.05, 3.63) is 50.7 Å². The highest BCUT2D eigenvalue weighted by molar-refractivity contribution is 9.10. The minimum Gasteiger partial charge on any atom is -0.249 e. The normalized spacial score (nSPS) is 11.3. The Kier molecular flexibility index (Phi) is 4.81. The fraction of sp³-hybridized carbons (Fsp3) is 0.250. The number of nitrogens with zero attached hydrogens (tertiary/aromatic N) is 2. The third-order valence-corrected chi connectivity index (χ3v) is 4.10. The second-order valence-corrected chi connectivity index (χ2v) is 5.32. The van der Waals surface area contributed by atoms with Gasteiger partial charge < -0.3 is 0 Å². The van der Waals surface area contributed by atoms with Crippen molar-refractivity contribution in [3.63, 3.8) is 0 Å². The lowest BCUT2D eigenvalue weighted by Crippen LogP contribution is -2.03. The van der Waals surface area contributed by atoms with E-state index in [1.165, 1.54) is 4.68 Å². The highest BCUT2D eigenvalue weighted by Crippen LogP contribution is 2.30. The maximum absolute atomic E-state index is 12.8. The summed E-state index contributed by atoms with van der Waals surface area (Å²) in [6.07, 6.45) is -2.69. The molecular formula is C12H9BrCl2F2N2. The first-order chi connectivity index (χ1) is 9.04. The topological polar surface area (TPSA) is 17.8 Å². The molecule has 0 saturated heterocycles. The van der Waals surface area contributed by atoms with Crippen molar-refractivity contribution < 1.29 is 8.78 Å². The summed E-state index contributed by atoms with van der Waals surface area (Å²) in [5.74, 6) is -0.0888. The summed E-state index contributed by atoms with van der Waals surface area (Å²) >= 11 is 15.1. The molecule has 1 aromatic carbocycles. The van der Waals surface area contributed by atoms with Gasteiger partial charge in [-0.25, -0.2) is 13.5 Å². The monoisotopic (exact) mass is 368 g/mol. The van der Waals surface area contributed by atoms with Crippen molar-refractivity contribution in [2.24, 2.45) is 0 Å². The highest BCUT2D eigenvalue weighted by atomic mass is 79.9. The third-order valence-electron chi connectivity index (χ3n) is 2.63. The first kappa shape index (κ1) is 14.8. The van der Waals surface area contributed by atoms with Gasteiger partial charge in [0.15, 0.2) is 0 Å². The smallest absolute Gasteiger partial charge is 0.249 e. The zero-order chi connectivity index (χ0) is 14.0. The van der Waals surface area contributed by atoms with Crippen LogP contribution in [-0.2, 0) is 12.4 Å². The molecule has 0 N–H and O–H groups in total. The molecule has 0 radical (unpaired) electrons. The van der Waals surface area contributed by atoms with E-state index >= 15 is 0 Å². The largest absolute Gasteiger partial charge is 0.282 e. The molecule has 0 aliphatic heterocycles. The molecule has 1 heterocycles. The minimum absolute atomic E-state index is 0.0888. The van der Waals surface area contributed by atoms with Crippen LogP contribution in [0.3, 0.4) is 0 Å². The van der Waals surface area contributed by atoms with E-state index in [9.17, 15) is 8.78 Å².